The summed E-state index contributed by atoms with van der Waals surface area (Å²) in [4.78, 5) is 50.9. The van der Waals surface area contributed by atoms with Gasteiger partial charge in [-0.25, -0.2) is 24.2 Å². The van der Waals surface area contributed by atoms with Crippen molar-refractivity contribution >= 4 is 23.8 Å². The van der Waals surface area contributed by atoms with Gasteiger partial charge in [-0.05, 0) is 44.1 Å². The Bertz CT molecular complexity index is 892. The number of nitrogens with one attached hydrogen (secondary N) is 1. The maximum absolute atomic E-state index is 13.4. The normalized spacial score (nSPS) is 12.0. The summed E-state index contributed by atoms with van der Waals surface area (Å²) >= 11 is 0. The Hall–Kier alpha value is -3.48. The predicted molar refractivity (Wildman–Crippen MR) is 94.7 cm³/mol. The molecule has 0 heterocycles. The van der Waals surface area contributed by atoms with Crippen molar-refractivity contribution in [3.05, 3.63) is 47.3 Å². The van der Waals surface area contributed by atoms with Gasteiger partial charge in [-0.1, -0.05) is 0 Å². The van der Waals surface area contributed by atoms with E-state index in [2.05, 4.69) is 4.84 Å². The second-order valence-corrected chi connectivity index (χ2v) is 6.85. The highest BCUT2D eigenvalue weighted by Gasteiger charge is 2.35. The first-order valence-corrected chi connectivity index (χ1v) is 8.38. The smallest absolute Gasteiger partial charge is 0.424 e. The van der Waals surface area contributed by atoms with E-state index >= 15 is 0 Å². The highest BCUT2D eigenvalue weighted by atomic mass is 19.4. The third-order valence-corrected chi connectivity index (χ3v) is 3.06. The van der Waals surface area contributed by atoms with Gasteiger partial charge in [-0.15, -0.1) is 0 Å². The molecule has 13 heteroatoms. The molecule has 0 saturated carbocycles. The molecular weight excluding hydrogens is 432 g/mol. The number of alkyl halides is 3. The number of benzene rings is 1. The summed E-state index contributed by atoms with van der Waals surface area (Å²) in [5.74, 6) is -5.53. The predicted octanol–water partition coefficient (Wildman–Crippen LogP) is 2.87. The minimum absolute atomic E-state index is 0.238. The van der Waals surface area contributed by atoms with E-state index in [1.54, 1.807) is 0 Å². The fourth-order valence-corrected chi connectivity index (χ4v) is 1.91. The molecule has 0 unspecified atom stereocenters. The van der Waals surface area contributed by atoms with Crippen molar-refractivity contribution in [2.75, 3.05) is 6.54 Å². The Kier molecular flexibility index (Phi) is 8.26. The van der Waals surface area contributed by atoms with Crippen LogP contribution in [0.4, 0.5) is 22.4 Å². The highest BCUT2D eigenvalue weighted by Crippen LogP contribution is 2.32. The van der Waals surface area contributed by atoms with Crippen molar-refractivity contribution in [3.8, 4) is 0 Å². The van der Waals surface area contributed by atoms with Crippen molar-refractivity contribution in [1.82, 2.24) is 10.6 Å². The van der Waals surface area contributed by atoms with E-state index in [0.29, 0.717) is 18.2 Å². The Morgan fingerprint density at radius 2 is 1.74 bits per heavy atom. The van der Waals surface area contributed by atoms with Gasteiger partial charge in [-0.2, -0.15) is 13.2 Å². The van der Waals surface area contributed by atoms with Crippen LogP contribution in [0, 0.1) is 5.82 Å². The van der Waals surface area contributed by atoms with Crippen LogP contribution in [0.15, 0.2) is 30.4 Å². The number of hydrazine groups is 1. The lowest BCUT2D eigenvalue weighted by atomic mass is 10.1. The van der Waals surface area contributed by atoms with Crippen molar-refractivity contribution in [1.29, 1.82) is 0 Å². The number of aliphatic carboxylic acids is 1. The molecule has 31 heavy (non-hydrogen) atoms. The number of hydroxylamine groups is 1. The minimum Gasteiger partial charge on any atom is -0.478 e. The van der Waals surface area contributed by atoms with Crippen molar-refractivity contribution in [2.24, 2.45) is 0 Å². The van der Waals surface area contributed by atoms with Gasteiger partial charge in [0, 0.05) is 17.7 Å². The molecule has 1 aromatic rings. The van der Waals surface area contributed by atoms with Crippen LogP contribution in [-0.4, -0.2) is 46.2 Å². The second kappa shape index (κ2) is 10.0. The van der Waals surface area contributed by atoms with Crippen LogP contribution < -0.4 is 5.43 Å². The topological polar surface area (TPSA) is 122 Å². The van der Waals surface area contributed by atoms with Gasteiger partial charge in [0.05, 0.1) is 5.56 Å². The van der Waals surface area contributed by atoms with E-state index in [0.717, 1.165) is 6.07 Å². The summed E-state index contributed by atoms with van der Waals surface area (Å²) in [7, 11) is 0. The van der Waals surface area contributed by atoms with E-state index < -0.39 is 59.1 Å². The molecule has 1 rings (SSSR count). The standard InChI is InChI=1S/C18H18F4N2O7/c1-17(2,3)30-16(29)23-24(31-15(28)7-6-14(26)27)9-13(25)10-4-5-12(19)11(8-10)18(20,21)22/h4-8H,9H2,1-3H3,(H,23,29)(H,26,27). The molecule has 1 amide bonds. The zero-order valence-electron chi connectivity index (χ0n) is 16.4. The Morgan fingerprint density at radius 1 is 1.13 bits per heavy atom. The molecule has 0 aliphatic carbocycles. The Morgan fingerprint density at radius 3 is 2.26 bits per heavy atom. The fourth-order valence-electron chi connectivity index (χ4n) is 1.91. The van der Waals surface area contributed by atoms with Crippen molar-refractivity contribution < 1.29 is 51.4 Å². The van der Waals surface area contributed by atoms with Crippen LogP contribution >= 0.6 is 0 Å². The van der Waals surface area contributed by atoms with Gasteiger partial charge < -0.3 is 14.7 Å². The number of rotatable bonds is 7. The molecule has 170 valence electrons. The maximum Gasteiger partial charge on any atom is 0.424 e. The summed E-state index contributed by atoms with van der Waals surface area (Å²) in [6.45, 7) is 3.50. The first kappa shape index (κ1) is 25.6. The van der Waals surface area contributed by atoms with Crippen LogP contribution in [-0.2, 0) is 25.3 Å². The molecule has 0 atom stereocenters. The number of Topliss-reactive ketones (excluding diaryl/α,β-unsaturated/α-hetero) is 1. The van der Waals surface area contributed by atoms with E-state index in [9.17, 15) is 36.7 Å². The molecule has 2 N–H and O–H groups in total. The highest BCUT2D eigenvalue weighted by molar-refractivity contribution is 5.98. The van der Waals surface area contributed by atoms with Gasteiger partial charge in [0.15, 0.2) is 5.78 Å². The number of carboxylic acid groups (broad SMARTS) is 1. The van der Waals surface area contributed by atoms with E-state index in [1.165, 1.54) is 20.8 Å². The number of halogens is 4. The molecule has 0 aromatic heterocycles. The lowest BCUT2D eigenvalue weighted by Crippen LogP contribution is -2.47. The van der Waals surface area contributed by atoms with Crippen LogP contribution in [0.25, 0.3) is 0 Å². The first-order valence-electron chi connectivity index (χ1n) is 8.38. The zero-order valence-corrected chi connectivity index (χ0v) is 16.4. The summed E-state index contributed by atoms with van der Waals surface area (Å²) in [5, 5.41) is 8.74. The number of ether oxygens (including phenoxy) is 1. The third-order valence-electron chi connectivity index (χ3n) is 3.06. The Balaban J connectivity index is 3.07. The average molecular weight is 450 g/mol. The molecule has 0 aliphatic heterocycles. The van der Waals surface area contributed by atoms with Crippen LogP contribution in [0.2, 0.25) is 0 Å². The number of hydrogen-bond donors (Lipinski definition) is 2. The second-order valence-electron chi connectivity index (χ2n) is 6.85. The minimum atomic E-state index is -5.07. The van der Waals surface area contributed by atoms with E-state index in [1.807, 2.05) is 5.43 Å². The number of carbonyl (C=O) groups excluding carboxylic acids is 3. The van der Waals surface area contributed by atoms with Gasteiger partial charge in [0.2, 0.25) is 0 Å². The monoisotopic (exact) mass is 450 g/mol. The molecular formula is C18H18F4N2O7. The molecule has 0 saturated heterocycles. The average Bonchev–Trinajstić information content (AvgIpc) is 2.57. The Labute approximate surface area is 173 Å². The van der Waals surface area contributed by atoms with Crippen LogP contribution in [0.3, 0.4) is 0 Å². The molecule has 0 aliphatic rings. The first-order chi connectivity index (χ1) is 14.1. The number of carboxylic acids is 1. The summed E-state index contributed by atoms with van der Waals surface area (Å²) < 4.78 is 56.9. The van der Waals surface area contributed by atoms with Gasteiger partial charge in [0.25, 0.3) is 0 Å². The number of carbonyl (C=O) groups is 4. The molecule has 1 aromatic carbocycles. The number of ketones is 1. The SMILES string of the molecule is CC(C)(C)OC(=O)NN(CC(=O)c1ccc(F)c(C(F)(F)F)c1)OC(=O)C=CC(=O)O. The third kappa shape index (κ3) is 9.25. The molecule has 0 radical (unpaired) electrons. The van der Waals surface area contributed by atoms with Crippen LogP contribution in [0.5, 0.6) is 0 Å². The lowest BCUT2D eigenvalue weighted by Gasteiger charge is -2.24. The fraction of sp³-hybridized carbons (Fsp3) is 0.333. The summed E-state index contributed by atoms with van der Waals surface area (Å²) in [5.41, 5.74) is -1.40. The number of nitrogens with zero attached hydrogens (tertiary/aromatic N) is 1. The molecule has 9 nitrogen and oxygen atoms in total. The van der Waals surface area contributed by atoms with Gasteiger partial charge in [-0.3, -0.25) is 4.79 Å². The summed E-state index contributed by atoms with van der Waals surface area (Å²) in [6.07, 6.45) is -5.39. The van der Waals surface area contributed by atoms with Crippen LogP contribution in [0.1, 0.15) is 36.7 Å². The number of hydrogen-bond acceptors (Lipinski definition) is 7. The number of amides is 1. The molecule has 0 bridgehead atoms. The van der Waals surface area contributed by atoms with E-state index in [4.69, 9.17) is 9.84 Å². The van der Waals surface area contributed by atoms with Crippen molar-refractivity contribution in [2.45, 2.75) is 32.5 Å². The maximum atomic E-state index is 13.4. The quantitative estimate of drug-likeness (QED) is 0.282. The largest absolute Gasteiger partial charge is 0.478 e. The van der Waals surface area contributed by atoms with Gasteiger partial charge in [0.1, 0.15) is 18.0 Å². The molecule has 0 spiro atoms. The van der Waals surface area contributed by atoms with E-state index in [-0.39, 0.29) is 11.2 Å². The molecule has 0 fully saturated rings. The van der Waals surface area contributed by atoms with Crippen molar-refractivity contribution in [3.63, 3.8) is 0 Å². The lowest BCUT2D eigenvalue weighted by molar-refractivity contribution is -0.194. The zero-order chi connectivity index (χ0) is 24.0. The summed E-state index contributed by atoms with van der Waals surface area (Å²) in [6, 6.07) is 1.46. The van der Waals surface area contributed by atoms with Gasteiger partial charge >= 0.3 is 24.2 Å².